The van der Waals surface area contributed by atoms with Crippen molar-refractivity contribution < 1.29 is 27.9 Å². The number of carbonyl (C=O) groups is 2. The Morgan fingerprint density at radius 1 is 1.50 bits per heavy atom. The lowest BCUT2D eigenvalue weighted by molar-refractivity contribution is -0.191. The van der Waals surface area contributed by atoms with Crippen molar-refractivity contribution in [2.45, 2.75) is 25.2 Å². The second kappa shape index (κ2) is 4.00. The number of aliphatic carboxylic acids is 1. The summed E-state index contributed by atoms with van der Waals surface area (Å²) in [5, 5.41) is 8.89. The number of H-pyrrole nitrogens is 1. The van der Waals surface area contributed by atoms with Crippen LogP contribution in [0.15, 0.2) is 6.33 Å². The Balaban J connectivity index is 2.34. The topological polar surface area (TPSA) is 86.3 Å². The van der Waals surface area contributed by atoms with Gasteiger partial charge in [-0.25, -0.2) is 9.78 Å². The third-order valence-electron chi connectivity index (χ3n) is 2.69. The van der Waals surface area contributed by atoms with Crippen molar-refractivity contribution in [3.63, 3.8) is 0 Å². The van der Waals surface area contributed by atoms with Crippen molar-refractivity contribution >= 4 is 11.9 Å². The van der Waals surface area contributed by atoms with E-state index < -0.39 is 30.6 Å². The Labute approximate surface area is 98.4 Å². The van der Waals surface area contributed by atoms with Crippen LogP contribution in [0.5, 0.6) is 0 Å². The van der Waals surface area contributed by atoms with Gasteiger partial charge >= 0.3 is 18.1 Å². The lowest BCUT2D eigenvalue weighted by Gasteiger charge is -2.32. The second-order valence-corrected chi connectivity index (χ2v) is 3.82. The molecule has 0 saturated carbocycles. The van der Waals surface area contributed by atoms with Gasteiger partial charge < -0.3 is 15.0 Å². The molecule has 1 amide bonds. The Kier molecular flexibility index (Phi) is 2.76. The maximum Gasteiger partial charge on any atom is 0.471 e. The van der Waals surface area contributed by atoms with Gasteiger partial charge in [-0.1, -0.05) is 0 Å². The molecule has 1 unspecified atom stereocenters. The fourth-order valence-electron chi connectivity index (χ4n) is 1.83. The molecule has 1 aliphatic rings. The van der Waals surface area contributed by atoms with E-state index in [1.807, 2.05) is 0 Å². The number of alkyl halides is 3. The summed E-state index contributed by atoms with van der Waals surface area (Å²) < 4.78 is 37.1. The molecule has 18 heavy (non-hydrogen) atoms. The zero-order chi connectivity index (χ0) is 13.5. The number of aromatic amines is 1. The maximum atomic E-state index is 12.4. The van der Waals surface area contributed by atoms with Crippen molar-refractivity contribution in [3.8, 4) is 0 Å². The van der Waals surface area contributed by atoms with E-state index in [-0.39, 0.29) is 6.42 Å². The number of halogens is 3. The summed E-state index contributed by atoms with van der Waals surface area (Å²) in [5.41, 5.74) is 0.693. The van der Waals surface area contributed by atoms with Gasteiger partial charge in [-0.2, -0.15) is 13.2 Å². The van der Waals surface area contributed by atoms with E-state index in [1.165, 1.54) is 6.33 Å². The first-order chi connectivity index (χ1) is 8.30. The first-order valence-electron chi connectivity index (χ1n) is 4.92. The summed E-state index contributed by atoms with van der Waals surface area (Å²) in [6.45, 7) is -0.440. The fraction of sp³-hybridized carbons (Fsp3) is 0.444. The van der Waals surface area contributed by atoms with Crippen LogP contribution in [0.3, 0.4) is 0 Å². The lowest BCUT2D eigenvalue weighted by Crippen LogP contribution is -2.52. The first kappa shape index (κ1) is 12.4. The number of amides is 1. The van der Waals surface area contributed by atoms with Gasteiger partial charge in [0.1, 0.15) is 6.04 Å². The molecule has 0 radical (unpaired) electrons. The van der Waals surface area contributed by atoms with Crippen LogP contribution in [-0.2, 0) is 22.6 Å². The van der Waals surface area contributed by atoms with Gasteiger partial charge in [0.15, 0.2) is 0 Å². The molecule has 1 atom stereocenters. The number of imidazole rings is 1. The molecule has 2 N–H and O–H groups in total. The quantitative estimate of drug-likeness (QED) is 0.763. The summed E-state index contributed by atoms with van der Waals surface area (Å²) in [6, 6.07) is -1.55. The van der Waals surface area contributed by atoms with Crippen molar-refractivity contribution in [1.82, 2.24) is 14.9 Å². The van der Waals surface area contributed by atoms with Crippen LogP contribution >= 0.6 is 0 Å². The number of carboxylic acids is 1. The molecule has 6 nitrogen and oxygen atoms in total. The van der Waals surface area contributed by atoms with Gasteiger partial charge in [0.25, 0.3) is 0 Å². The lowest BCUT2D eigenvalue weighted by atomic mass is 10.0. The molecule has 0 saturated heterocycles. The van der Waals surface area contributed by atoms with Crippen molar-refractivity contribution in [3.05, 3.63) is 17.7 Å². The minimum absolute atomic E-state index is 0.240. The molecule has 0 bridgehead atoms. The largest absolute Gasteiger partial charge is 0.480 e. The van der Waals surface area contributed by atoms with Gasteiger partial charge in [0, 0.05) is 6.42 Å². The number of hydrogen-bond acceptors (Lipinski definition) is 3. The van der Waals surface area contributed by atoms with Crippen LogP contribution in [0.1, 0.15) is 11.4 Å². The fourth-order valence-corrected chi connectivity index (χ4v) is 1.83. The summed E-state index contributed by atoms with van der Waals surface area (Å²) in [5.74, 6) is -3.64. The number of nitrogens with zero attached hydrogens (tertiary/aromatic N) is 2. The standard InChI is InChI=1S/C9H8F3N3O3/c10-9(11,12)8(18)15-2-5-4(13-3-14-5)1-6(15)7(16)17/h3,6H,1-2H2,(H,13,14)(H,16,17). The molecular weight excluding hydrogens is 255 g/mol. The molecule has 1 aromatic rings. The highest BCUT2D eigenvalue weighted by molar-refractivity contribution is 5.87. The van der Waals surface area contributed by atoms with Crippen LogP contribution in [0.2, 0.25) is 0 Å². The van der Waals surface area contributed by atoms with Crippen molar-refractivity contribution in [2.75, 3.05) is 0 Å². The minimum atomic E-state index is -5.09. The van der Waals surface area contributed by atoms with E-state index in [9.17, 15) is 22.8 Å². The summed E-state index contributed by atoms with van der Waals surface area (Å²) in [7, 11) is 0. The van der Waals surface area contributed by atoms with Crippen molar-refractivity contribution in [2.24, 2.45) is 0 Å². The Morgan fingerprint density at radius 3 is 2.72 bits per heavy atom. The highest BCUT2D eigenvalue weighted by Crippen LogP contribution is 2.26. The number of fused-ring (bicyclic) bond motifs is 1. The Bertz CT molecular complexity index is 497. The molecule has 2 heterocycles. The number of rotatable bonds is 1. The van der Waals surface area contributed by atoms with E-state index in [2.05, 4.69) is 9.97 Å². The molecule has 0 spiro atoms. The first-order valence-corrected chi connectivity index (χ1v) is 4.92. The van der Waals surface area contributed by atoms with E-state index in [4.69, 9.17) is 5.11 Å². The zero-order valence-electron chi connectivity index (χ0n) is 8.86. The normalized spacial score (nSPS) is 19.5. The molecule has 1 aliphatic heterocycles. The predicted octanol–water partition coefficient (Wildman–Crippen LogP) is 0.310. The SMILES string of the molecule is O=C(O)C1Cc2nc[nH]c2CN1C(=O)C(F)(F)F. The summed E-state index contributed by atoms with van der Waals surface area (Å²) >= 11 is 0. The van der Waals surface area contributed by atoms with Crippen LogP contribution in [-0.4, -0.2) is 44.1 Å². The monoisotopic (exact) mass is 263 g/mol. The van der Waals surface area contributed by atoms with E-state index in [1.54, 1.807) is 0 Å². The third kappa shape index (κ3) is 2.03. The smallest absolute Gasteiger partial charge is 0.471 e. The number of nitrogens with one attached hydrogen (secondary N) is 1. The van der Waals surface area contributed by atoms with Crippen LogP contribution in [0, 0.1) is 0 Å². The minimum Gasteiger partial charge on any atom is -0.480 e. The average molecular weight is 263 g/mol. The molecule has 98 valence electrons. The van der Waals surface area contributed by atoms with Crippen LogP contribution < -0.4 is 0 Å². The van der Waals surface area contributed by atoms with E-state index in [0.717, 1.165) is 0 Å². The molecular formula is C9H8F3N3O3. The van der Waals surface area contributed by atoms with Gasteiger partial charge in [-0.05, 0) is 0 Å². The maximum absolute atomic E-state index is 12.4. The van der Waals surface area contributed by atoms with Gasteiger partial charge in [-0.3, -0.25) is 4.79 Å². The highest BCUT2D eigenvalue weighted by Gasteiger charge is 2.48. The molecule has 2 rings (SSSR count). The average Bonchev–Trinajstić information content (AvgIpc) is 2.71. The summed E-state index contributed by atoms with van der Waals surface area (Å²) in [4.78, 5) is 28.8. The van der Waals surface area contributed by atoms with Gasteiger partial charge in [0.05, 0.1) is 24.3 Å². The van der Waals surface area contributed by atoms with E-state index in [0.29, 0.717) is 16.3 Å². The molecule has 0 aromatic carbocycles. The third-order valence-corrected chi connectivity index (χ3v) is 2.69. The second-order valence-electron chi connectivity index (χ2n) is 3.82. The number of carboxylic acid groups (broad SMARTS) is 1. The Morgan fingerprint density at radius 2 is 2.17 bits per heavy atom. The van der Waals surface area contributed by atoms with Crippen LogP contribution in [0.25, 0.3) is 0 Å². The molecule has 0 fully saturated rings. The molecule has 0 aliphatic carbocycles. The zero-order valence-corrected chi connectivity index (χ0v) is 8.86. The van der Waals surface area contributed by atoms with Crippen LogP contribution in [0.4, 0.5) is 13.2 Å². The predicted molar refractivity (Wildman–Crippen MR) is 50.3 cm³/mol. The van der Waals surface area contributed by atoms with Crippen molar-refractivity contribution in [1.29, 1.82) is 0 Å². The number of carbonyl (C=O) groups excluding carboxylic acids is 1. The number of hydrogen-bond donors (Lipinski definition) is 2. The van der Waals surface area contributed by atoms with E-state index >= 15 is 0 Å². The Hall–Kier alpha value is -2.06. The van der Waals surface area contributed by atoms with Gasteiger partial charge in [-0.15, -0.1) is 0 Å². The number of aromatic nitrogens is 2. The molecule has 1 aromatic heterocycles. The highest BCUT2D eigenvalue weighted by atomic mass is 19.4. The van der Waals surface area contributed by atoms with Gasteiger partial charge in [0.2, 0.25) is 0 Å². The summed E-state index contributed by atoms with van der Waals surface area (Å²) in [6.07, 6.45) is -4.08. The molecule has 9 heteroatoms.